The number of nitrogens with one attached hydrogen (secondary N) is 2. The zero-order valence-corrected chi connectivity index (χ0v) is 24.1. The van der Waals surface area contributed by atoms with E-state index < -0.39 is 6.09 Å². The molecule has 3 amide bonds. The summed E-state index contributed by atoms with van der Waals surface area (Å²) in [6, 6.07) is 14.4. The molecule has 5 rings (SSSR count). The van der Waals surface area contributed by atoms with Gasteiger partial charge in [-0.3, -0.25) is 9.59 Å². The maximum Gasteiger partial charge on any atom is 0.407 e. The van der Waals surface area contributed by atoms with E-state index in [1.807, 2.05) is 12.1 Å². The molecule has 1 fully saturated rings. The van der Waals surface area contributed by atoms with Gasteiger partial charge < -0.3 is 30.1 Å². The van der Waals surface area contributed by atoms with Crippen molar-refractivity contribution < 1.29 is 29.0 Å². The molecule has 1 aliphatic carbocycles. The standard InChI is InChI=1S/C32H34N4O6/c1-32(2,3)23-11-19(17-36(4)31(39)40)12-24(15-23)34-30(38)22-13-21-14-25(7-8-27(21)41-18-22)42-26-9-10-33-28(16-26)35-29(37)20-5-6-20/h7-16,20H,5-6,17-18H2,1-4H3,(H,34,38)(H,39,40)(H,33,35,37). The van der Waals surface area contributed by atoms with Crippen LogP contribution in [0.4, 0.5) is 16.3 Å². The first kappa shape index (κ1) is 28.7. The molecule has 2 aromatic carbocycles. The van der Waals surface area contributed by atoms with Gasteiger partial charge in [-0.15, -0.1) is 0 Å². The molecule has 0 atom stereocenters. The van der Waals surface area contributed by atoms with Crippen LogP contribution in [0.15, 0.2) is 60.3 Å². The van der Waals surface area contributed by atoms with Crippen LogP contribution in [0.25, 0.3) is 6.08 Å². The summed E-state index contributed by atoms with van der Waals surface area (Å²) >= 11 is 0. The van der Waals surface area contributed by atoms with Crippen LogP contribution in [-0.2, 0) is 21.5 Å². The van der Waals surface area contributed by atoms with E-state index in [4.69, 9.17) is 9.47 Å². The molecule has 42 heavy (non-hydrogen) atoms. The third-order valence-electron chi connectivity index (χ3n) is 7.02. The van der Waals surface area contributed by atoms with Crippen LogP contribution in [0, 0.1) is 5.92 Å². The molecular weight excluding hydrogens is 536 g/mol. The Morgan fingerprint density at radius 1 is 1.05 bits per heavy atom. The van der Waals surface area contributed by atoms with Gasteiger partial charge in [-0.25, -0.2) is 9.78 Å². The highest BCUT2D eigenvalue weighted by Gasteiger charge is 2.30. The van der Waals surface area contributed by atoms with E-state index in [0.29, 0.717) is 39.9 Å². The van der Waals surface area contributed by atoms with E-state index in [1.54, 1.807) is 48.7 Å². The predicted molar refractivity (Wildman–Crippen MR) is 159 cm³/mol. The molecule has 0 unspecified atom stereocenters. The van der Waals surface area contributed by atoms with Crippen molar-refractivity contribution in [3.8, 4) is 17.2 Å². The lowest BCUT2D eigenvalue weighted by molar-refractivity contribution is -0.117. The Kier molecular flexibility index (Phi) is 7.89. The number of anilines is 2. The zero-order chi connectivity index (χ0) is 30.0. The fraction of sp³-hybridized carbons (Fsp3) is 0.312. The quantitative estimate of drug-likeness (QED) is 0.301. The van der Waals surface area contributed by atoms with E-state index in [-0.39, 0.29) is 36.3 Å². The van der Waals surface area contributed by atoms with Gasteiger partial charge in [-0.2, -0.15) is 0 Å². The van der Waals surface area contributed by atoms with Gasteiger partial charge in [0.25, 0.3) is 5.91 Å². The van der Waals surface area contributed by atoms with Gasteiger partial charge in [0.15, 0.2) is 0 Å². The number of ether oxygens (including phenoxy) is 2. The van der Waals surface area contributed by atoms with Crippen molar-refractivity contribution in [2.45, 2.75) is 45.6 Å². The highest BCUT2D eigenvalue weighted by atomic mass is 16.5. The fourth-order valence-corrected chi connectivity index (χ4v) is 4.44. The van der Waals surface area contributed by atoms with Crippen molar-refractivity contribution in [1.82, 2.24) is 9.88 Å². The highest BCUT2D eigenvalue weighted by Crippen LogP contribution is 2.34. The molecule has 2 aliphatic rings. The summed E-state index contributed by atoms with van der Waals surface area (Å²) in [5.74, 6) is 1.82. The largest absolute Gasteiger partial charge is 0.488 e. The number of carbonyl (C=O) groups is 3. The highest BCUT2D eigenvalue weighted by molar-refractivity contribution is 6.07. The number of hydrogen-bond donors (Lipinski definition) is 3. The number of carbonyl (C=O) groups excluding carboxylic acids is 2. The van der Waals surface area contributed by atoms with Gasteiger partial charge in [0.05, 0.1) is 5.57 Å². The maximum atomic E-state index is 13.3. The molecule has 1 aromatic heterocycles. The average Bonchev–Trinajstić information content (AvgIpc) is 3.78. The summed E-state index contributed by atoms with van der Waals surface area (Å²) in [5, 5.41) is 15.1. The molecule has 3 N–H and O–H groups in total. The summed E-state index contributed by atoms with van der Waals surface area (Å²) in [4.78, 5) is 42.1. The van der Waals surface area contributed by atoms with Crippen LogP contribution in [0.3, 0.4) is 0 Å². The molecular formula is C32H34N4O6. The van der Waals surface area contributed by atoms with Crippen molar-refractivity contribution in [1.29, 1.82) is 0 Å². The molecule has 1 saturated carbocycles. The summed E-state index contributed by atoms with van der Waals surface area (Å²) in [6.07, 6.45) is 4.12. The molecule has 0 bridgehead atoms. The van der Waals surface area contributed by atoms with Gasteiger partial charge in [-0.1, -0.05) is 26.8 Å². The summed E-state index contributed by atoms with van der Waals surface area (Å²) < 4.78 is 11.9. The number of rotatable bonds is 8. The Hall–Kier alpha value is -4.86. The van der Waals surface area contributed by atoms with Crippen molar-refractivity contribution in [2.24, 2.45) is 5.92 Å². The third kappa shape index (κ3) is 7.06. The molecule has 10 nitrogen and oxygen atoms in total. The van der Waals surface area contributed by atoms with E-state index in [0.717, 1.165) is 24.0 Å². The van der Waals surface area contributed by atoms with Crippen molar-refractivity contribution in [3.63, 3.8) is 0 Å². The van der Waals surface area contributed by atoms with Crippen LogP contribution < -0.4 is 20.1 Å². The zero-order valence-electron chi connectivity index (χ0n) is 24.1. The first-order chi connectivity index (χ1) is 19.9. The Morgan fingerprint density at radius 3 is 2.52 bits per heavy atom. The summed E-state index contributed by atoms with van der Waals surface area (Å²) in [6.45, 7) is 6.47. The average molecular weight is 571 g/mol. The lowest BCUT2D eigenvalue weighted by Gasteiger charge is -2.23. The summed E-state index contributed by atoms with van der Waals surface area (Å²) in [5.41, 5.74) is 3.23. The number of hydrogen-bond acceptors (Lipinski definition) is 6. The number of aromatic nitrogens is 1. The number of nitrogens with zero attached hydrogens (tertiary/aromatic N) is 2. The summed E-state index contributed by atoms with van der Waals surface area (Å²) in [7, 11) is 1.50. The van der Waals surface area contributed by atoms with Crippen molar-refractivity contribution in [2.75, 3.05) is 24.3 Å². The van der Waals surface area contributed by atoms with E-state index in [2.05, 4.69) is 36.4 Å². The Morgan fingerprint density at radius 2 is 1.81 bits per heavy atom. The lowest BCUT2D eigenvalue weighted by atomic mass is 9.85. The number of carboxylic acid groups (broad SMARTS) is 1. The van der Waals surface area contributed by atoms with E-state index in [1.165, 1.54) is 11.9 Å². The second-order valence-corrected chi connectivity index (χ2v) is 11.7. The van der Waals surface area contributed by atoms with Crippen LogP contribution in [0.1, 0.15) is 50.3 Å². The predicted octanol–water partition coefficient (Wildman–Crippen LogP) is 6.04. The van der Waals surface area contributed by atoms with E-state index >= 15 is 0 Å². The molecule has 0 saturated heterocycles. The minimum absolute atomic E-state index is 0.0320. The molecule has 3 aromatic rings. The number of fused-ring (bicyclic) bond motifs is 1. The van der Waals surface area contributed by atoms with Gasteiger partial charge in [0.1, 0.15) is 29.7 Å². The lowest BCUT2D eigenvalue weighted by Crippen LogP contribution is -2.25. The van der Waals surface area contributed by atoms with Gasteiger partial charge in [0.2, 0.25) is 5.91 Å². The molecule has 0 spiro atoms. The first-order valence-electron chi connectivity index (χ1n) is 13.8. The molecule has 0 radical (unpaired) electrons. The molecule has 10 heteroatoms. The Bertz CT molecular complexity index is 1570. The van der Waals surface area contributed by atoms with E-state index in [9.17, 15) is 19.5 Å². The second-order valence-electron chi connectivity index (χ2n) is 11.7. The molecule has 1 aliphatic heterocycles. The smallest absolute Gasteiger partial charge is 0.407 e. The van der Waals surface area contributed by atoms with Crippen LogP contribution >= 0.6 is 0 Å². The minimum atomic E-state index is -1.03. The Labute approximate surface area is 244 Å². The monoisotopic (exact) mass is 570 g/mol. The van der Waals surface area contributed by atoms with Crippen LogP contribution in [0.2, 0.25) is 0 Å². The minimum Gasteiger partial charge on any atom is -0.488 e. The third-order valence-corrected chi connectivity index (χ3v) is 7.02. The molecule has 2 heterocycles. The first-order valence-corrected chi connectivity index (χ1v) is 13.8. The van der Waals surface area contributed by atoms with Crippen LogP contribution in [-0.4, -0.2) is 46.6 Å². The second kappa shape index (κ2) is 11.6. The van der Waals surface area contributed by atoms with Gasteiger partial charge in [-0.05, 0) is 71.9 Å². The van der Waals surface area contributed by atoms with Gasteiger partial charge >= 0.3 is 6.09 Å². The topological polar surface area (TPSA) is 130 Å². The normalized spacial score (nSPS) is 14.1. The van der Waals surface area contributed by atoms with Crippen LogP contribution in [0.5, 0.6) is 17.2 Å². The van der Waals surface area contributed by atoms with Crippen molar-refractivity contribution >= 4 is 35.5 Å². The van der Waals surface area contributed by atoms with Gasteiger partial charge in [0, 0.05) is 43.0 Å². The molecule has 218 valence electrons. The fourth-order valence-electron chi connectivity index (χ4n) is 4.44. The maximum absolute atomic E-state index is 13.3. The Balaban J connectivity index is 1.32. The number of benzene rings is 2. The number of amides is 3. The number of pyridine rings is 1. The van der Waals surface area contributed by atoms with Crippen molar-refractivity contribution in [3.05, 3.63) is 77.0 Å². The SMILES string of the molecule is CN(Cc1cc(NC(=O)C2=Cc3cc(Oc4ccnc(NC(=O)C5CC5)c4)ccc3OC2)cc(C(C)(C)C)c1)C(=O)O.